The molecule has 7 heteroatoms. The number of nitrogens with zero attached hydrogens (tertiary/aromatic N) is 1. The smallest absolute Gasteiger partial charge is 0.545 e. The monoisotopic (exact) mass is 433 g/mol. The van der Waals surface area contributed by atoms with Crippen molar-refractivity contribution in [1.29, 1.82) is 0 Å². The molecule has 0 aliphatic carbocycles. The van der Waals surface area contributed by atoms with Crippen molar-refractivity contribution >= 4 is 56.0 Å². The van der Waals surface area contributed by atoms with Crippen LogP contribution in [0.25, 0.3) is 22.2 Å². The molecule has 0 spiro atoms. The SMILES string of the molecule is O=C([O-])c1cc(-c2ccc(Cl)c(Cl)c2)nc2cc(Br)ccc12.[K+]. The maximum Gasteiger partial charge on any atom is 1.00 e. The molecule has 0 radical (unpaired) electrons. The summed E-state index contributed by atoms with van der Waals surface area (Å²) >= 11 is 15.3. The molecule has 110 valence electrons. The van der Waals surface area contributed by atoms with Crippen molar-refractivity contribution in [3.05, 3.63) is 62.5 Å². The first-order valence-electron chi connectivity index (χ1n) is 6.23. The van der Waals surface area contributed by atoms with Crippen molar-refractivity contribution in [3.8, 4) is 11.3 Å². The molecule has 3 rings (SSSR count). The second kappa shape index (κ2) is 7.93. The van der Waals surface area contributed by atoms with Crippen LogP contribution >= 0.6 is 39.1 Å². The van der Waals surface area contributed by atoms with Crippen LogP contribution in [0.15, 0.2) is 46.9 Å². The number of carbonyl (C=O) groups is 1. The molecule has 2 aromatic carbocycles. The average molecular weight is 435 g/mol. The molecule has 0 saturated heterocycles. The number of aromatic nitrogens is 1. The van der Waals surface area contributed by atoms with Gasteiger partial charge in [-0.15, -0.1) is 0 Å². The molecule has 3 aromatic rings. The van der Waals surface area contributed by atoms with Crippen LogP contribution in [-0.2, 0) is 0 Å². The molecule has 0 atom stereocenters. The van der Waals surface area contributed by atoms with Gasteiger partial charge in [0.25, 0.3) is 0 Å². The number of hydrogen-bond donors (Lipinski definition) is 0. The van der Waals surface area contributed by atoms with E-state index in [0.717, 1.165) is 4.47 Å². The molecule has 0 aliphatic heterocycles. The minimum atomic E-state index is -1.25. The Morgan fingerprint density at radius 1 is 1.04 bits per heavy atom. The minimum Gasteiger partial charge on any atom is -0.545 e. The number of carbonyl (C=O) groups excluding carboxylic acids is 1. The van der Waals surface area contributed by atoms with Gasteiger partial charge in [0.05, 0.1) is 27.2 Å². The van der Waals surface area contributed by atoms with Crippen molar-refractivity contribution < 1.29 is 61.3 Å². The summed E-state index contributed by atoms with van der Waals surface area (Å²) in [7, 11) is 0. The van der Waals surface area contributed by atoms with Gasteiger partial charge >= 0.3 is 51.4 Å². The predicted molar refractivity (Wildman–Crippen MR) is 89.2 cm³/mol. The van der Waals surface area contributed by atoms with Gasteiger partial charge in [-0.05, 0) is 30.3 Å². The standard InChI is InChI=1S/C16H8BrCl2NO2.K/c17-9-2-3-10-11(16(21)22)7-14(20-15(10)6-9)8-1-4-12(18)13(19)5-8;/h1-7H,(H,21,22);/q;+1/p-1. The molecule has 0 bridgehead atoms. The Morgan fingerprint density at radius 2 is 1.78 bits per heavy atom. The Balaban J connectivity index is 0.00000192. The van der Waals surface area contributed by atoms with E-state index in [1.807, 2.05) is 0 Å². The van der Waals surface area contributed by atoms with Crippen LogP contribution in [0.5, 0.6) is 0 Å². The van der Waals surface area contributed by atoms with Crippen LogP contribution in [0.4, 0.5) is 0 Å². The van der Waals surface area contributed by atoms with E-state index in [2.05, 4.69) is 20.9 Å². The number of hydrogen-bond acceptors (Lipinski definition) is 3. The molecule has 0 aliphatic rings. The Hall–Kier alpha value is 0.0164. The summed E-state index contributed by atoms with van der Waals surface area (Å²) in [4.78, 5) is 15.9. The summed E-state index contributed by atoms with van der Waals surface area (Å²) in [6, 6.07) is 11.7. The number of benzene rings is 2. The van der Waals surface area contributed by atoms with Gasteiger partial charge in [0.1, 0.15) is 0 Å². The molecule has 0 fully saturated rings. The van der Waals surface area contributed by atoms with E-state index >= 15 is 0 Å². The van der Waals surface area contributed by atoms with E-state index in [-0.39, 0.29) is 56.9 Å². The second-order valence-electron chi connectivity index (χ2n) is 4.63. The molecule has 1 heterocycles. The topological polar surface area (TPSA) is 53.0 Å². The van der Waals surface area contributed by atoms with E-state index < -0.39 is 5.97 Å². The van der Waals surface area contributed by atoms with Crippen molar-refractivity contribution in [1.82, 2.24) is 4.98 Å². The zero-order valence-electron chi connectivity index (χ0n) is 11.9. The Bertz CT molecular complexity index is 918. The fourth-order valence-corrected chi connectivity index (χ4v) is 2.82. The maximum atomic E-state index is 11.4. The summed E-state index contributed by atoms with van der Waals surface area (Å²) in [5.74, 6) is -1.25. The number of fused-ring (bicyclic) bond motifs is 1. The van der Waals surface area contributed by atoms with Crippen molar-refractivity contribution in [3.63, 3.8) is 0 Å². The van der Waals surface area contributed by atoms with Gasteiger partial charge in [0.15, 0.2) is 0 Å². The molecular weight excluding hydrogens is 428 g/mol. The molecular formula is C16H7BrCl2KNO2. The van der Waals surface area contributed by atoms with Crippen LogP contribution in [0.3, 0.4) is 0 Å². The summed E-state index contributed by atoms with van der Waals surface area (Å²) in [5.41, 5.74) is 1.80. The van der Waals surface area contributed by atoms with E-state index in [1.54, 1.807) is 36.4 Å². The number of aromatic carboxylic acids is 1. The predicted octanol–water partition coefficient (Wildman–Crippen LogP) is 1.34. The Labute approximate surface area is 193 Å². The van der Waals surface area contributed by atoms with Gasteiger partial charge in [-0.1, -0.05) is 51.3 Å². The van der Waals surface area contributed by atoms with Crippen molar-refractivity contribution in [2.45, 2.75) is 0 Å². The minimum absolute atomic E-state index is 0. The van der Waals surface area contributed by atoms with E-state index in [1.165, 1.54) is 6.07 Å². The van der Waals surface area contributed by atoms with Gasteiger partial charge in [-0.2, -0.15) is 0 Å². The Morgan fingerprint density at radius 3 is 2.43 bits per heavy atom. The fourth-order valence-electron chi connectivity index (χ4n) is 2.17. The van der Waals surface area contributed by atoms with Crippen LogP contribution in [0.1, 0.15) is 10.4 Å². The molecule has 23 heavy (non-hydrogen) atoms. The maximum absolute atomic E-state index is 11.4. The third kappa shape index (κ3) is 4.17. The second-order valence-corrected chi connectivity index (χ2v) is 6.36. The molecule has 0 unspecified atom stereocenters. The molecule has 0 amide bonds. The van der Waals surface area contributed by atoms with Gasteiger partial charge < -0.3 is 9.90 Å². The number of carboxylic acid groups (broad SMARTS) is 1. The summed E-state index contributed by atoms with van der Waals surface area (Å²) < 4.78 is 0.808. The first-order chi connectivity index (χ1) is 10.5. The molecule has 0 N–H and O–H groups in total. The Kier molecular flexibility index (Phi) is 6.67. The van der Waals surface area contributed by atoms with Crippen LogP contribution < -0.4 is 56.5 Å². The van der Waals surface area contributed by atoms with Crippen molar-refractivity contribution in [2.75, 3.05) is 0 Å². The zero-order valence-corrected chi connectivity index (χ0v) is 18.2. The van der Waals surface area contributed by atoms with Crippen molar-refractivity contribution in [2.24, 2.45) is 0 Å². The normalized spacial score (nSPS) is 10.4. The van der Waals surface area contributed by atoms with Gasteiger partial charge in [-0.25, -0.2) is 4.98 Å². The first kappa shape index (κ1) is 19.3. The van der Waals surface area contributed by atoms with E-state index in [4.69, 9.17) is 23.2 Å². The van der Waals surface area contributed by atoms with Gasteiger partial charge in [0.2, 0.25) is 0 Å². The third-order valence-electron chi connectivity index (χ3n) is 3.21. The molecule has 0 saturated carbocycles. The van der Waals surface area contributed by atoms with Gasteiger partial charge in [0, 0.05) is 21.0 Å². The van der Waals surface area contributed by atoms with Gasteiger partial charge in [-0.3, -0.25) is 0 Å². The van der Waals surface area contributed by atoms with Crippen LogP contribution in [-0.4, -0.2) is 11.0 Å². The summed E-state index contributed by atoms with van der Waals surface area (Å²) in [5, 5.41) is 12.7. The molecule has 3 nitrogen and oxygen atoms in total. The fraction of sp³-hybridized carbons (Fsp3) is 0. The summed E-state index contributed by atoms with van der Waals surface area (Å²) in [6.45, 7) is 0. The average Bonchev–Trinajstić information content (AvgIpc) is 2.48. The van der Waals surface area contributed by atoms with Crippen LogP contribution in [0, 0.1) is 0 Å². The number of rotatable bonds is 2. The zero-order chi connectivity index (χ0) is 15.9. The van der Waals surface area contributed by atoms with E-state index in [0.29, 0.717) is 32.2 Å². The number of carboxylic acids is 1. The number of halogens is 3. The largest absolute Gasteiger partial charge is 1.00 e. The first-order valence-corrected chi connectivity index (χ1v) is 7.77. The molecule has 1 aromatic heterocycles. The quantitative estimate of drug-likeness (QED) is 0.572. The van der Waals surface area contributed by atoms with Crippen LogP contribution in [0.2, 0.25) is 10.0 Å². The summed E-state index contributed by atoms with van der Waals surface area (Å²) in [6.07, 6.45) is 0. The third-order valence-corrected chi connectivity index (χ3v) is 4.44. The number of pyridine rings is 1. The van der Waals surface area contributed by atoms with E-state index in [9.17, 15) is 9.90 Å².